The molecule has 2 N–H and O–H groups in total. The number of carbonyl (C=O) groups is 2. The Kier molecular flexibility index (Phi) is 5.87. The van der Waals surface area contributed by atoms with Gasteiger partial charge in [-0.1, -0.05) is 11.8 Å². The summed E-state index contributed by atoms with van der Waals surface area (Å²) < 4.78 is 0. The molecule has 0 aliphatic carbocycles. The quantitative estimate of drug-likeness (QED) is 0.790. The highest BCUT2D eigenvalue weighted by Gasteiger charge is 2.40. The molecule has 2 aromatic rings. The third-order valence-corrected chi connectivity index (χ3v) is 6.85. The Morgan fingerprint density at radius 1 is 1.07 bits per heavy atom. The number of anilines is 1. The molecule has 3 aliphatic heterocycles. The Labute approximate surface area is 175 Å². The molecule has 3 fully saturated rings. The minimum atomic E-state index is -0.139. The van der Waals surface area contributed by atoms with Crippen LogP contribution in [0.25, 0.3) is 0 Å². The lowest BCUT2D eigenvalue weighted by Crippen LogP contribution is -2.62. The number of hydrogen-bond acceptors (Lipinski definition) is 5. The molecule has 0 saturated carbocycles. The van der Waals surface area contributed by atoms with Crippen LogP contribution in [0.1, 0.15) is 37.0 Å². The fraction of sp³-hybridized carbons (Fsp3) is 0.409. The molecule has 6 nitrogen and oxygen atoms in total. The Morgan fingerprint density at radius 3 is 2.34 bits per heavy atom. The monoisotopic (exact) mass is 410 g/mol. The SMILES string of the molecule is CC(=O)Nc1ccc(Sc2ccc(C(=O)N[C@@H]3C4CCN(CC4)[C@@H]3C)cc2)cn1. The van der Waals surface area contributed by atoms with Crippen LogP contribution in [0.4, 0.5) is 5.82 Å². The standard InChI is InChI=1S/C22H26N4O2S/c1-14-21(16-9-11-26(14)12-10-16)25-22(28)17-3-5-18(6-4-17)29-19-7-8-20(23-13-19)24-15(2)27/h3-8,13-14,16,21H,9-12H2,1-2H3,(H,25,28)(H,23,24,27)/t14-,21+/m1/s1. The summed E-state index contributed by atoms with van der Waals surface area (Å²) in [6, 6.07) is 12.0. The largest absolute Gasteiger partial charge is 0.347 e. The van der Waals surface area contributed by atoms with Crippen molar-refractivity contribution in [2.75, 3.05) is 18.4 Å². The number of fused-ring (bicyclic) bond motifs is 3. The summed E-state index contributed by atoms with van der Waals surface area (Å²) in [4.78, 5) is 32.5. The van der Waals surface area contributed by atoms with Gasteiger partial charge in [-0.2, -0.15) is 0 Å². The van der Waals surface area contributed by atoms with Gasteiger partial charge in [0.2, 0.25) is 5.91 Å². The van der Waals surface area contributed by atoms with Gasteiger partial charge in [0.05, 0.1) is 0 Å². The zero-order chi connectivity index (χ0) is 20.4. The summed E-state index contributed by atoms with van der Waals surface area (Å²) >= 11 is 1.57. The number of benzene rings is 1. The molecule has 0 radical (unpaired) electrons. The van der Waals surface area contributed by atoms with E-state index in [9.17, 15) is 9.59 Å². The second kappa shape index (κ2) is 8.55. The number of nitrogens with zero attached hydrogens (tertiary/aromatic N) is 2. The number of rotatable bonds is 5. The normalized spacial score (nSPS) is 25.4. The first-order valence-electron chi connectivity index (χ1n) is 10.1. The van der Waals surface area contributed by atoms with Crippen LogP contribution in [0.5, 0.6) is 0 Å². The molecule has 152 valence electrons. The van der Waals surface area contributed by atoms with Crippen molar-refractivity contribution in [3.63, 3.8) is 0 Å². The number of carbonyl (C=O) groups excluding carboxylic acids is 2. The maximum Gasteiger partial charge on any atom is 0.251 e. The summed E-state index contributed by atoms with van der Waals surface area (Å²) in [5, 5.41) is 5.93. The second-order valence-electron chi connectivity index (χ2n) is 7.80. The minimum Gasteiger partial charge on any atom is -0.347 e. The van der Waals surface area contributed by atoms with E-state index in [1.807, 2.05) is 30.3 Å². The van der Waals surface area contributed by atoms with Crippen molar-refractivity contribution in [2.24, 2.45) is 5.92 Å². The number of pyridine rings is 1. The van der Waals surface area contributed by atoms with Crippen molar-refractivity contribution in [3.8, 4) is 0 Å². The average molecular weight is 411 g/mol. The number of piperidine rings is 3. The highest BCUT2D eigenvalue weighted by molar-refractivity contribution is 7.99. The first-order chi connectivity index (χ1) is 14.0. The van der Waals surface area contributed by atoms with E-state index in [4.69, 9.17) is 0 Å². The van der Waals surface area contributed by atoms with Gasteiger partial charge in [0, 0.05) is 40.6 Å². The van der Waals surface area contributed by atoms with Crippen LogP contribution in [0.15, 0.2) is 52.4 Å². The predicted octanol–water partition coefficient (Wildman–Crippen LogP) is 3.40. The van der Waals surface area contributed by atoms with E-state index in [1.54, 1.807) is 24.0 Å². The summed E-state index contributed by atoms with van der Waals surface area (Å²) in [5.41, 5.74) is 0.692. The topological polar surface area (TPSA) is 74.3 Å². The fourth-order valence-electron chi connectivity index (χ4n) is 4.29. The molecule has 1 aromatic carbocycles. The highest BCUT2D eigenvalue weighted by Crippen LogP contribution is 2.32. The van der Waals surface area contributed by atoms with Crippen molar-refractivity contribution < 1.29 is 9.59 Å². The molecule has 2 bridgehead atoms. The first-order valence-corrected chi connectivity index (χ1v) is 10.9. The van der Waals surface area contributed by atoms with Crippen LogP contribution in [-0.4, -0.2) is 46.9 Å². The van der Waals surface area contributed by atoms with Crippen LogP contribution in [0.2, 0.25) is 0 Å². The van der Waals surface area contributed by atoms with E-state index < -0.39 is 0 Å². The Balaban J connectivity index is 1.36. The van der Waals surface area contributed by atoms with Gasteiger partial charge in [-0.3, -0.25) is 14.5 Å². The van der Waals surface area contributed by atoms with Gasteiger partial charge in [0.1, 0.15) is 5.82 Å². The van der Waals surface area contributed by atoms with E-state index in [-0.39, 0.29) is 17.9 Å². The minimum absolute atomic E-state index is 0.00785. The third kappa shape index (κ3) is 4.62. The molecule has 7 heteroatoms. The highest BCUT2D eigenvalue weighted by atomic mass is 32.2. The van der Waals surface area contributed by atoms with Crippen LogP contribution >= 0.6 is 11.8 Å². The van der Waals surface area contributed by atoms with Gasteiger partial charge >= 0.3 is 0 Å². The number of hydrogen-bond donors (Lipinski definition) is 2. The van der Waals surface area contributed by atoms with E-state index in [2.05, 4.69) is 27.4 Å². The summed E-state index contributed by atoms with van der Waals surface area (Å²) in [7, 11) is 0. The lowest BCUT2D eigenvalue weighted by atomic mass is 9.79. The van der Waals surface area contributed by atoms with Crippen LogP contribution in [0.3, 0.4) is 0 Å². The van der Waals surface area contributed by atoms with Crippen LogP contribution < -0.4 is 10.6 Å². The van der Waals surface area contributed by atoms with Crippen molar-refractivity contribution in [1.29, 1.82) is 0 Å². The molecule has 2 amide bonds. The van der Waals surface area contributed by atoms with Gasteiger partial charge in [0.15, 0.2) is 0 Å². The average Bonchev–Trinajstić information content (AvgIpc) is 2.72. The molecular formula is C22H26N4O2S. The molecule has 29 heavy (non-hydrogen) atoms. The fourth-order valence-corrected chi connectivity index (χ4v) is 5.07. The molecule has 2 atom stereocenters. The third-order valence-electron chi connectivity index (χ3n) is 5.87. The van der Waals surface area contributed by atoms with Crippen molar-refractivity contribution in [2.45, 2.75) is 48.6 Å². The number of amides is 2. The number of aromatic nitrogens is 1. The summed E-state index contributed by atoms with van der Waals surface area (Å²) in [6.07, 6.45) is 4.09. The smallest absolute Gasteiger partial charge is 0.251 e. The molecule has 3 aliphatic rings. The van der Waals surface area contributed by atoms with E-state index in [0.29, 0.717) is 23.3 Å². The van der Waals surface area contributed by atoms with E-state index in [1.165, 1.54) is 19.8 Å². The Bertz CT molecular complexity index is 875. The van der Waals surface area contributed by atoms with Gasteiger partial charge in [-0.05, 0) is 75.2 Å². The second-order valence-corrected chi connectivity index (χ2v) is 8.95. The van der Waals surface area contributed by atoms with Crippen molar-refractivity contribution >= 4 is 29.4 Å². The maximum absolute atomic E-state index is 12.7. The van der Waals surface area contributed by atoms with Gasteiger partial charge < -0.3 is 10.6 Å². The van der Waals surface area contributed by atoms with Crippen molar-refractivity contribution in [3.05, 3.63) is 48.2 Å². The molecular weight excluding hydrogens is 384 g/mol. The lowest BCUT2D eigenvalue weighted by molar-refractivity contribution is -0.114. The van der Waals surface area contributed by atoms with Gasteiger partial charge in [-0.25, -0.2) is 4.98 Å². The van der Waals surface area contributed by atoms with Crippen LogP contribution in [-0.2, 0) is 4.79 Å². The maximum atomic E-state index is 12.7. The zero-order valence-corrected chi connectivity index (χ0v) is 17.5. The molecule has 0 unspecified atom stereocenters. The van der Waals surface area contributed by atoms with Crippen LogP contribution in [0, 0.1) is 5.92 Å². The predicted molar refractivity (Wildman–Crippen MR) is 114 cm³/mol. The molecule has 0 spiro atoms. The van der Waals surface area contributed by atoms with Gasteiger partial charge in [-0.15, -0.1) is 0 Å². The van der Waals surface area contributed by atoms with E-state index in [0.717, 1.165) is 22.9 Å². The van der Waals surface area contributed by atoms with E-state index >= 15 is 0 Å². The van der Waals surface area contributed by atoms with Crippen molar-refractivity contribution in [1.82, 2.24) is 15.2 Å². The summed E-state index contributed by atoms with van der Waals surface area (Å²) in [6.45, 7) is 6.00. The summed E-state index contributed by atoms with van der Waals surface area (Å²) in [5.74, 6) is 1.01. The van der Waals surface area contributed by atoms with Gasteiger partial charge in [0.25, 0.3) is 5.91 Å². The molecule has 5 rings (SSSR count). The molecule has 1 aromatic heterocycles. The molecule has 3 saturated heterocycles. The number of nitrogens with one attached hydrogen (secondary N) is 2. The first kappa shape index (κ1) is 19.9. The Morgan fingerprint density at radius 2 is 1.76 bits per heavy atom. The zero-order valence-electron chi connectivity index (χ0n) is 16.7. The Hall–Kier alpha value is -2.38. The molecule has 4 heterocycles. The lowest BCUT2D eigenvalue weighted by Gasteiger charge is -2.49.